The molecule has 0 spiro atoms. The van der Waals surface area contributed by atoms with Crippen LogP contribution >= 0.6 is 0 Å². The summed E-state index contributed by atoms with van der Waals surface area (Å²) < 4.78 is 57.2. The minimum Gasteiger partial charge on any atom is -0.478 e. The Morgan fingerprint density at radius 1 is 1.17 bits per heavy atom. The number of carboxylic acid groups (broad SMARTS) is 2. The van der Waals surface area contributed by atoms with Crippen molar-refractivity contribution in [2.45, 2.75) is 38.8 Å². The van der Waals surface area contributed by atoms with Gasteiger partial charge in [-0.1, -0.05) is 12.8 Å². The second-order valence-corrected chi connectivity index (χ2v) is 8.12. The van der Waals surface area contributed by atoms with E-state index in [1.165, 1.54) is 19.2 Å². The number of halogens is 3. The summed E-state index contributed by atoms with van der Waals surface area (Å²) in [6.07, 6.45) is 0.566. The maximum Gasteiger partial charge on any atom is 0.490 e. The average Bonchev–Trinajstić information content (AvgIpc) is 2.90. The molecule has 1 aliphatic heterocycles. The Morgan fingerprint density at radius 3 is 2.10 bits per heavy atom. The molecule has 0 atom stereocenters. The smallest absolute Gasteiger partial charge is 0.478 e. The molecule has 1 aromatic rings. The molecule has 1 aromatic heterocycles. The van der Waals surface area contributed by atoms with Crippen molar-refractivity contribution in [1.82, 2.24) is 4.98 Å². The number of nitrogens with zero attached hydrogens (tertiary/aromatic N) is 2. The molecule has 29 heavy (non-hydrogen) atoms. The molecule has 2 heterocycles. The number of hydrogen-bond donors (Lipinski definition) is 3. The molecule has 0 unspecified atom stereocenters. The Morgan fingerprint density at radius 2 is 1.69 bits per heavy atom. The van der Waals surface area contributed by atoms with Crippen molar-refractivity contribution in [3.63, 3.8) is 0 Å². The van der Waals surface area contributed by atoms with E-state index in [2.05, 4.69) is 9.71 Å². The first-order chi connectivity index (χ1) is 13.4. The van der Waals surface area contributed by atoms with Gasteiger partial charge in [-0.05, 0) is 25.8 Å². The quantitative estimate of drug-likeness (QED) is 0.634. The minimum absolute atomic E-state index is 0.0261. The van der Waals surface area contributed by atoms with Crippen LogP contribution in [0, 0.1) is 0 Å². The van der Waals surface area contributed by atoms with Crippen molar-refractivity contribution in [3.05, 3.63) is 17.8 Å². The number of rotatable bonds is 5. The van der Waals surface area contributed by atoms with Crippen LogP contribution in [0.15, 0.2) is 12.3 Å². The fourth-order valence-electron chi connectivity index (χ4n) is 2.46. The van der Waals surface area contributed by atoms with Gasteiger partial charge >= 0.3 is 18.1 Å². The first-order valence-corrected chi connectivity index (χ1v) is 10.3. The molecule has 1 fully saturated rings. The third-order valence-electron chi connectivity index (χ3n) is 3.90. The van der Waals surface area contributed by atoms with Crippen molar-refractivity contribution in [1.29, 1.82) is 0 Å². The molecule has 1 saturated heterocycles. The van der Waals surface area contributed by atoms with Crippen molar-refractivity contribution >= 4 is 33.5 Å². The SMILES string of the molecule is CCS(=O)(=O)Nc1cnc(N2CCCCCC2)c(C(=O)O)c1.O=C(O)C(F)(F)F. The lowest BCUT2D eigenvalue weighted by molar-refractivity contribution is -0.192. The van der Waals surface area contributed by atoms with Gasteiger partial charge in [0.2, 0.25) is 10.0 Å². The van der Waals surface area contributed by atoms with E-state index >= 15 is 0 Å². The zero-order chi connectivity index (χ0) is 22.2. The topological polar surface area (TPSA) is 137 Å². The van der Waals surface area contributed by atoms with Gasteiger partial charge in [-0.25, -0.2) is 23.0 Å². The zero-order valence-corrected chi connectivity index (χ0v) is 16.4. The highest BCUT2D eigenvalue weighted by Gasteiger charge is 2.38. The fourth-order valence-corrected chi connectivity index (χ4v) is 3.07. The van der Waals surface area contributed by atoms with Crippen LogP contribution in [0.2, 0.25) is 0 Å². The van der Waals surface area contributed by atoms with Crippen molar-refractivity contribution in [2.24, 2.45) is 0 Å². The molecule has 0 saturated carbocycles. The number of nitrogens with one attached hydrogen (secondary N) is 1. The number of carboxylic acids is 2. The van der Waals surface area contributed by atoms with Crippen LogP contribution in [-0.2, 0) is 14.8 Å². The van der Waals surface area contributed by atoms with Crippen LogP contribution in [0.5, 0.6) is 0 Å². The normalized spacial score (nSPS) is 15.0. The number of sulfonamides is 1. The molecular weight excluding hydrogens is 419 g/mol. The van der Waals surface area contributed by atoms with Gasteiger partial charge in [0.1, 0.15) is 11.4 Å². The Kier molecular flexibility index (Phi) is 8.67. The van der Waals surface area contributed by atoms with Crippen molar-refractivity contribution in [3.8, 4) is 0 Å². The number of carbonyl (C=O) groups is 2. The van der Waals surface area contributed by atoms with Crippen LogP contribution in [0.4, 0.5) is 24.7 Å². The number of pyridine rings is 1. The minimum atomic E-state index is -5.08. The summed E-state index contributed by atoms with van der Waals surface area (Å²) in [6, 6.07) is 1.34. The molecule has 13 heteroatoms. The van der Waals surface area contributed by atoms with Gasteiger partial charge in [-0.3, -0.25) is 4.72 Å². The Balaban J connectivity index is 0.000000516. The van der Waals surface area contributed by atoms with E-state index in [4.69, 9.17) is 9.90 Å². The molecule has 0 bridgehead atoms. The standard InChI is InChI=1S/C14H21N3O4S.C2HF3O2/c1-2-22(20,21)16-11-9-12(14(18)19)13(15-10-11)17-7-5-3-4-6-8-17;3-2(4,5)1(6)7/h9-10,16H,2-8H2,1H3,(H,18,19);(H,6,7). The van der Waals surface area contributed by atoms with Crippen molar-refractivity contribution < 1.29 is 41.4 Å². The Hall–Kier alpha value is -2.57. The largest absolute Gasteiger partial charge is 0.490 e. The average molecular weight is 441 g/mol. The summed E-state index contributed by atoms with van der Waals surface area (Å²) in [7, 11) is -3.46. The molecule has 0 amide bonds. The van der Waals surface area contributed by atoms with E-state index in [0.29, 0.717) is 5.82 Å². The highest BCUT2D eigenvalue weighted by atomic mass is 32.2. The van der Waals surface area contributed by atoms with E-state index in [1.807, 2.05) is 4.90 Å². The summed E-state index contributed by atoms with van der Waals surface area (Å²) in [6.45, 7) is 3.06. The van der Waals surface area contributed by atoms with E-state index < -0.39 is 28.1 Å². The third-order valence-corrected chi connectivity index (χ3v) is 5.21. The first-order valence-electron chi connectivity index (χ1n) is 8.66. The summed E-state index contributed by atoms with van der Waals surface area (Å²) in [5.41, 5.74) is 0.205. The number of aromatic nitrogens is 1. The maximum absolute atomic E-state index is 11.6. The van der Waals surface area contributed by atoms with Gasteiger partial charge < -0.3 is 15.1 Å². The number of aliphatic carboxylic acids is 1. The lowest BCUT2D eigenvalue weighted by Crippen LogP contribution is -2.27. The van der Waals surface area contributed by atoms with Crippen LogP contribution in [0.1, 0.15) is 43.0 Å². The Labute approximate surface area is 165 Å². The molecular formula is C16H22F3N3O6S. The predicted molar refractivity (Wildman–Crippen MR) is 98.7 cm³/mol. The molecule has 0 aromatic carbocycles. The van der Waals surface area contributed by atoms with Crippen molar-refractivity contribution in [2.75, 3.05) is 28.5 Å². The molecule has 1 aliphatic rings. The predicted octanol–water partition coefficient (Wildman–Crippen LogP) is 2.56. The van der Waals surface area contributed by atoms with Gasteiger partial charge in [0, 0.05) is 13.1 Å². The molecule has 0 radical (unpaired) electrons. The summed E-state index contributed by atoms with van der Waals surface area (Å²) in [5, 5.41) is 16.5. The van der Waals surface area contributed by atoms with Crippen LogP contribution in [0.3, 0.4) is 0 Å². The van der Waals surface area contributed by atoms with E-state index in [-0.39, 0.29) is 17.0 Å². The Bertz CT molecular complexity index is 822. The number of aromatic carboxylic acids is 1. The van der Waals surface area contributed by atoms with Crippen LogP contribution in [0.25, 0.3) is 0 Å². The third kappa shape index (κ3) is 8.13. The number of alkyl halides is 3. The zero-order valence-electron chi connectivity index (χ0n) is 15.6. The molecule has 164 valence electrons. The van der Waals surface area contributed by atoms with Gasteiger partial charge in [-0.2, -0.15) is 13.2 Å². The van der Waals surface area contributed by atoms with Gasteiger partial charge in [0.25, 0.3) is 0 Å². The lowest BCUT2D eigenvalue weighted by atomic mass is 10.2. The molecule has 9 nitrogen and oxygen atoms in total. The maximum atomic E-state index is 11.6. The highest BCUT2D eigenvalue weighted by molar-refractivity contribution is 7.92. The summed E-state index contributed by atoms with van der Waals surface area (Å²) >= 11 is 0. The van der Waals surface area contributed by atoms with Crippen LogP contribution < -0.4 is 9.62 Å². The molecule has 0 aliphatic carbocycles. The monoisotopic (exact) mass is 441 g/mol. The number of anilines is 2. The molecule has 2 rings (SSSR count). The highest BCUT2D eigenvalue weighted by Crippen LogP contribution is 2.24. The summed E-state index contributed by atoms with van der Waals surface area (Å²) in [4.78, 5) is 26.6. The molecule has 3 N–H and O–H groups in total. The summed E-state index contributed by atoms with van der Waals surface area (Å²) in [5.74, 6) is -3.53. The number of hydrogen-bond acceptors (Lipinski definition) is 6. The van der Waals surface area contributed by atoms with E-state index in [9.17, 15) is 31.5 Å². The van der Waals surface area contributed by atoms with E-state index in [0.717, 1.165) is 38.8 Å². The second kappa shape index (κ2) is 10.3. The van der Waals surface area contributed by atoms with Gasteiger partial charge in [0.05, 0.1) is 17.6 Å². The van der Waals surface area contributed by atoms with E-state index in [1.54, 1.807) is 0 Å². The lowest BCUT2D eigenvalue weighted by Gasteiger charge is -2.23. The fraction of sp³-hybridized carbons (Fsp3) is 0.562. The first kappa shape index (κ1) is 24.5. The van der Waals surface area contributed by atoms with Crippen LogP contribution in [-0.4, -0.2) is 60.6 Å². The van der Waals surface area contributed by atoms with Gasteiger partial charge in [0.15, 0.2) is 0 Å². The van der Waals surface area contributed by atoms with Gasteiger partial charge in [-0.15, -0.1) is 0 Å². The second-order valence-electron chi connectivity index (χ2n) is 6.11.